The Labute approximate surface area is 175 Å². The monoisotopic (exact) mass is 471 g/mol. The number of thioether (sulfide) groups is 1. The summed E-state index contributed by atoms with van der Waals surface area (Å²) >= 11 is 4.80. The minimum Gasteiger partial charge on any atom is -0.497 e. The number of hydrogen-bond donors (Lipinski definition) is 0. The largest absolute Gasteiger partial charge is 0.497 e. The first-order chi connectivity index (χ1) is 13.3. The number of hydrogen-bond acceptors (Lipinski definition) is 3. The van der Waals surface area contributed by atoms with Gasteiger partial charge in [0.1, 0.15) is 5.75 Å². The highest BCUT2D eigenvalue weighted by atomic mass is 79.9. The maximum atomic E-state index is 12.9. The summed E-state index contributed by atoms with van der Waals surface area (Å²) in [5.74, 6) is 1.55. The fourth-order valence-electron chi connectivity index (χ4n) is 2.98. The predicted octanol–water partition coefficient (Wildman–Crippen LogP) is 6.40. The Bertz CT molecular complexity index is 837. The number of rotatable bonds is 6. The van der Waals surface area contributed by atoms with Crippen LogP contribution in [-0.2, 0) is 12.7 Å². The van der Waals surface area contributed by atoms with Crippen LogP contribution in [0.25, 0.3) is 0 Å². The summed E-state index contributed by atoms with van der Waals surface area (Å²) in [6, 6.07) is 11.8. The van der Waals surface area contributed by atoms with Gasteiger partial charge in [0.05, 0.1) is 12.7 Å². The molecule has 0 saturated carbocycles. The van der Waals surface area contributed by atoms with Crippen molar-refractivity contribution in [3.05, 3.63) is 69.7 Å². The molecular formula is C21H21BrF3NOS. The molecule has 150 valence electrons. The Morgan fingerprint density at radius 3 is 2.50 bits per heavy atom. The van der Waals surface area contributed by atoms with Crippen LogP contribution < -0.4 is 4.74 Å². The van der Waals surface area contributed by atoms with Gasteiger partial charge in [0.15, 0.2) is 0 Å². The minimum absolute atomic E-state index is 0.610. The molecule has 0 atom stereocenters. The van der Waals surface area contributed by atoms with Gasteiger partial charge in [-0.3, -0.25) is 4.90 Å². The molecule has 0 amide bonds. The lowest BCUT2D eigenvalue weighted by Crippen LogP contribution is -2.28. The summed E-state index contributed by atoms with van der Waals surface area (Å²) in [6.07, 6.45) is -1.19. The number of methoxy groups -OCH3 is 1. The van der Waals surface area contributed by atoms with Crippen LogP contribution in [0.1, 0.15) is 17.5 Å². The minimum atomic E-state index is -4.32. The van der Waals surface area contributed by atoms with Gasteiger partial charge in [0, 0.05) is 34.8 Å². The van der Waals surface area contributed by atoms with Crippen LogP contribution >= 0.6 is 27.7 Å². The molecule has 0 unspecified atom stereocenters. The van der Waals surface area contributed by atoms with E-state index in [0.717, 1.165) is 37.9 Å². The molecule has 0 spiro atoms. The molecule has 0 radical (unpaired) electrons. The lowest BCUT2D eigenvalue weighted by atomic mass is 10.1. The normalized spacial score (nSPS) is 15.4. The second-order valence-corrected chi connectivity index (χ2v) is 8.50. The highest BCUT2D eigenvalue weighted by molar-refractivity contribution is 9.10. The maximum Gasteiger partial charge on any atom is 0.416 e. The summed E-state index contributed by atoms with van der Waals surface area (Å²) in [6.45, 7) is 2.67. The molecule has 7 heteroatoms. The fraction of sp³-hybridized carbons (Fsp3) is 0.333. The van der Waals surface area contributed by atoms with Crippen molar-refractivity contribution in [1.29, 1.82) is 0 Å². The standard InChI is InChI=1S/C21H21BrF3NOS/c1-27-18-5-2-15(3-6-18)13-26-10-8-16(9-11-26)14-28-20-12-17(21(23,24)25)4-7-19(20)22/h2-8,12H,9-11,13-14H2,1H3. The first kappa shape index (κ1) is 21.3. The van der Waals surface area contributed by atoms with Gasteiger partial charge in [-0.25, -0.2) is 0 Å². The van der Waals surface area contributed by atoms with Crippen LogP contribution in [0.15, 0.2) is 63.5 Å². The third-order valence-corrected chi connectivity index (χ3v) is 6.74. The predicted molar refractivity (Wildman–Crippen MR) is 111 cm³/mol. The molecule has 0 saturated heterocycles. The summed E-state index contributed by atoms with van der Waals surface area (Å²) in [5.41, 5.74) is 1.90. The molecular weight excluding hydrogens is 451 g/mol. The Balaban J connectivity index is 1.54. The zero-order chi connectivity index (χ0) is 20.1. The Hall–Kier alpha value is -1.44. The van der Waals surface area contributed by atoms with Gasteiger partial charge in [-0.1, -0.05) is 23.8 Å². The van der Waals surface area contributed by atoms with E-state index in [9.17, 15) is 13.2 Å². The van der Waals surface area contributed by atoms with Gasteiger partial charge in [0.25, 0.3) is 0 Å². The molecule has 0 aromatic heterocycles. The van der Waals surface area contributed by atoms with Crippen LogP contribution in [0, 0.1) is 0 Å². The van der Waals surface area contributed by atoms with E-state index < -0.39 is 11.7 Å². The van der Waals surface area contributed by atoms with Gasteiger partial charge < -0.3 is 4.74 Å². The molecule has 3 rings (SSSR count). The van der Waals surface area contributed by atoms with Crippen LogP contribution in [-0.4, -0.2) is 30.9 Å². The van der Waals surface area contributed by atoms with Gasteiger partial charge in [-0.05, 0) is 58.2 Å². The van der Waals surface area contributed by atoms with Crippen LogP contribution in [0.4, 0.5) is 13.2 Å². The number of halogens is 4. The van der Waals surface area contributed by atoms with Crippen LogP contribution in [0.5, 0.6) is 5.75 Å². The lowest BCUT2D eigenvalue weighted by Gasteiger charge is -2.26. The molecule has 28 heavy (non-hydrogen) atoms. The van der Waals surface area contributed by atoms with Crippen molar-refractivity contribution in [2.45, 2.75) is 24.0 Å². The number of nitrogens with zero attached hydrogens (tertiary/aromatic N) is 1. The van der Waals surface area contributed by atoms with Gasteiger partial charge >= 0.3 is 6.18 Å². The molecule has 0 bridgehead atoms. The van der Waals surface area contributed by atoms with Crippen molar-refractivity contribution in [3.63, 3.8) is 0 Å². The quantitative estimate of drug-likeness (QED) is 0.357. The number of ether oxygens (including phenoxy) is 1. The maximum absolute atomic E-state index is 12.9. The zero-order valence-electron chi connectivity index (χ0n) is 15.4. The summed E-state index contributed by atoms with van der Waals surface area (Å²) in [7, 11) is 1.65. The third kappa shape index (κ3) is 5.78. The number of benzene rings is 2. The SMILES string of the molecule is COc1ccc(CN2CC=C(CSc3cc(C(F)(F)F)ccc3Br)CC2)cc1. The van der Waals surface area contributed by atoms with Crippen molar-refractivity contribution in [2.75, 3.05) is 26.0 Å². The van der Waals surface area contributed by atoms with E-state index in [1.54, 1.807) is 7.11 Å². The molecule has 0 fully saturated rings. The second-order valence-electron chi connectivity index (χ2n) is 6.63. The Kier molecular flexibility index (Phi) is 7.12. The van der Waals surface area contributed by atoms with Crippen molar-refractivity contribution in [3.8, 4) is 5.75 Å². The van der Waals surface area contributed by atoms with E-state index >= 15 is 0 Å². The smallest absolute Gasteiger partial charge is 0.416 e. The highest BCUT2D eigenvalue weighted by Crippen LogP contribution is 2.36. The first-order valence-corrected chi connectivity index (χ1v) is 10.7. The lowest BCUT2D eigenvalue weighted by molar-refractivity contribution is -0.137. The van der Waals surface area contributed by atoms with Crippen molar-refractivity contribution in [1.82, 2.24) is 4.90 Å². The van der Waals surface area contributed by atoms with Gasteiger partial charge in [0.2, 0.25) is 0 Å². The molecule has 0 N–H and O–H groups in total. The highest BCUT2D eigenvalue weighted by Gasteiger charge is 2.31. The third-order valence-electron chi connectivity index (χ3n) is 4.62. The van der Waals surface area contributed by atoms with E-state index in [4.69, 9.17) is 4.74 Å². The zero-order valence-corrected chi connectivity index (χ0v) is 17.8. The fourth-order valence-corrected chi connectivity index (χ4v) is 4.59. The van der Waals surface area contributed by atoms with E-state index in [-0.39, 0.29) is 0 Å². The molecule has 1 heterocycles. The molecule has 0 aliphatic carbocycles. The van der Waals surface area contributed by atoms with Crippen molar-refractivity contribution < 1.29 is 17.9 Å². The summed E-state index contributed by atoms with van der Waals surface area (Å²) in [4.78, 5) is 2.98. The molecule has 2 aromatic carbocycles. The van der Waals surface area contributed by atoms with E-state index in [2.05, 4.69) is 39.0 Å². The van der Waals surface area contributed by atoms with Gasteiger partial charge in [-0.15, -0.1) is 11.8 Å². The summed E-state index contributed by atoms with van der Waals surface area (Å²) < 4.78 is 44.6. The molecule has 1 aliphatic rings. The molecule has 2 nitrogen and oxygen atoms in total. The van der Waals surface area contributed by atoms with E-state index in [1.165, 1.54) is 35.0 Å². The molecule has 2 aromatic rings. The van der Waals surface area contributed by atoms with E-state index in [1.807, 2.05) is 12.1 Å². The van der Waals surface area contributed by atoms with Crippen molar-refractivity contribution in [2.24, 2.45) is 0 Å². The van der Waals surface area contributed by atoms with Gasteiger partial charge in [-0.2, -0.15) is 13.2 Å². The topological polar surface area (TPSA) is 12.5 Å². The Morgan fingerprint density at radius 1 is 1.14 bits per heavy atom. The molecule has 1 aliphatic heterocycles. The van der Waals surface area contributed by atoms with Crippen LogP contribution in [0.3, 0.4) is 0 Å². The second kappa shape index (κ2) is 9.37. The van der Waals surface area contributed by atoms with Crippen LogP contribution in [0.2, 0.25) is 0 Å². The first-order valence-electron chi connectivity index (χ1n) is 8.88. The summed E-state index contributed by atoms with van der Waals surface area (Å²) in [5, 5.41) is 0. The average Bonchev–Trinajstić information content (AvgIpc) is 2.68. The average molecular weight is 472 g/mol. The number of alkyl halides is 3. The van der Waals surface area contributed by atoms with Crippen molar-refractivity contribution >= 4 is 27.7 Å². The van der Waals surface area contributed by atoms with E-state index in [0.29, 0.717) is 15.1 Å². The Morgan fingerprint density at radius 2 is 1.89 bits per heavy atom.